The number of halogens is 1. The first-order chi connectivity index (χ1) is 27.7. The summed E-state index contributed by atoms with van der Waals surface area (Å²) in [6.45, 7) is 0. The van der Waals surface area contributed by atoms with Crippen LogP contribution in [-0.2, 0) is 0 Å². The summed E-state index contributed by atoms with van der Waals surface area (Å²) in [6, 6.07) is 63.5. The Morgan fingerprint density at radius 2 is 0.839 bits per heavy atom. The summed E-state index contributed by atoms with van der Waals surface area (Å²) < 4.78 is 6.43. The highest BCUT2D eigenvalue weighted by Crippen LogP contribution is 2.41. The number of para-hydroxylation sites is 1. The Morgan fingerprint density at radius 1 is 0.357 bits per heavy atom. The fraction of sp³-hybridized carbons (Fsp3) is 0. The van der Waals surface area contributed by atoms with Crippen LogP contribution in [0.4, 0.5) is 0 Å². The molecule has 6 heteroatoms. The monoisotopic (exact) mass is 738 g/mol. The molecule has 0 aliphatic rings. The van der Waals surface area contributed by atoms with Crippen molar-refractivity contribution in [1.82, 2.24) is 19.9 Å². The molecule has 56 heavy (non-hydrogen) atoms. The number of furan rings is 1. The maximum absolute atomic E-state index is 6.43. The van der Waals surface area contributed by atoms with Crippen LogP contribution in [0.15, 0.2) is 192 Å². The molecule has 0 aliphatic heterocycles. The van der Waals surface area contributed by atoms with E-state index in [1.165, 1.54) is 0 Å². The molecule has 0 atom stereocenters. The summed E-state index contributed by atoms with van der Waals surface area (Å²) in [6.07, 6.45) is 0. The summed E-state index contributed by atoms with van der Waals surface area (Å²) in [5.74, 6) is 1.28. The van der Waals surface area contributed by atoms with Crippen molar-refractivity contribution in [3.63, 3.8) is 0 Å². The van der Waals surface area contributed by atoms with Gasteiger partial charge in [-0.1, -0.05) is 157 Å². The average molecular weight is 739 g/mol. The molecule has 10 aromatic rings. The molecular formula is C50H31ClN4O. The number of hydrogen-bond donors (Lipinski definition) is 0. The van der Waals surface area contributed by atoms with E-state index in [2.05, 4.69) is 84.9 Å². The number of fused-ring (bicyclic) bond motifs is 3. The highest BCUT2D eigenvalue weighted by molar-refractivity contribution is 6.30. The average Bonchev–Trinajstić information content (AvgIpc) is 3.66. The summed E-state index contributed by atoms with van der Waals surface area (Å²) in [5.41, 5.74) is 13.6. The lowest BCUT2D eigenvalue weighted by Gasteiger charge is -2.17. The van der Waals surface area contributed by atoms with Gasteiger partial charge in [-0.15, -0.1) is 0 Å². The zero-order valence-corrected chi connectivity index (χ0v) is 30.7. The van der Waals surface area contributed by atoms with Crippen LogP contribution in [0.5, 0.6) is 0 Å². The topological polar surface area (TPSA) is 64.7 Å². The molecule has 3 heterocycles. The minimum Gasteiger partial charge on any atom is -0.452 e. The fourth-order valence-corrected chi connectivity index (χ4v) is 7.38. The van der Waals surface area contributed by atoms with Gasteiger partial charge in [-0.05, 0) is 59.2 Å². The van der Waals surface area contributed by atoms with E-state index in [9.17, 15) is 0 Å². The number of hydrogen-bond acceptors (Lipinski definition) is 5. The zero-order valence-electron chi connectivity index (χ0n) is 30.0. The van der Waals surface area contributed by atoms with E-state index in [0.29, 0.717) is 22.3 Å². The maximum Gasteiger partial charge on any atom is 0.180 e. The Labute approximate surface area is 328 Å². The Morgan fingerprint density at radius 3 is 1.54 bits per heavy atom. The first kappa shape index (κ1) is 33.4. The van der Waals surface area contributed by atoms with Gasteiger partial charge in [0.15, 0.2) is 17.2 Å². The largest absolute Gasteiger partial charge is 0.452 e. The third-order valence-corrected chi connectivity index (χ3v) is 10.3. The molecule has 0 amide bonds. The van der Waals surface area contributed by atoms with E-state index in [1.54, 1.807) is 0 Å². The van der Waals surface area contributed by atoms with Crippen LogP contribution < -0.4 is 0 Å². The Kier molecular flexibility index (Phi) is 8.47. The van der Waals surface area contributed by atoms with E-state index < -0.39 is 0 Å². The molecule has 10 rings (SSSR count). The minimum absolute atomic E-state index is 0.628. The third kappa shape index (κ3) is 6.20. The fourth-order valence-electron chi connectivity index (χ4n) is 7.25. The van der Waals surface area contributed by atoms with Crippen molar-refractivity contribution in [2.45, 2.75) is 0 Å². The predicted molar refractivity (Wildman–Crippen MR) is 228 cm³/mol. The van der Waals surface area contributed by atoms with E-state index in [4.69, 9.17) is 36.0 Å². The van der Waals surface area contributed by atoms with Gasteiger partial charge in [-0.3, -0.25) is 0 Å². The lowest BCUT2D eigenvalue weighted by atomic mass is 9.93. The van der Waals surface area contributed by atoms with Crippen LogP contribution in [0.25, 0.3) is 101 Å². The van der Waals surface area contributed by atoms with Crippen LogP contribution in [0, 0.1) is 0 Å². The molecule has 0 saturated heterocycles. The van der Waals surface area contributed by atoms with Gasteiger partial charge in [0.2, 0.25) is 0 Å². The molecule has 3 aromatic heterocycles. The Balaban J connectivity index is 1.11. The van der Waals surface area contributed by atoms with Crippen molar-refractivity contribution in [2.24, 2.45) is 0 Å². The van der Waals surface area contributed by atoms with Gasteiger partial charge in [-0.25, -0.2) is 19.9 Å². The molecular weight excluding hydrogens is 708 g/mol. The predicted octanol–water partition coefficient (Wildman–Crippen LogP) is 13.5. The lowest BCUT2D eigenvalue weighted by Crippen LogP contribution is -2.00. The third-order valence-electron chi connectivity index (χ3n) is 10.0. The maximum atomic E-state index is 6.43. The summed E-state index contributed by atoms with van der Waals surface area (Å²) >= 11 is 6.29. The molecule has 0 aliphatic carbocycles. The first-order valence-corrected chi connectivity index (χ1v) is 18.8. The molecule has 0 saturated carbocycles. The van der Waals surface area contributed by atoms with Crippen molar-refractivity contribution in [3.8, 4) is 78.8 Å². The Hall–Kier alpha value is -7.21. The molecule has 0 fully saturated rings. The lowest BCUT2D eigenvalue weighted by molar-refractivity contribution is 0.667. The Bertz CT molecular complexity index is 3000. The smallest absolute Gasteiger partial charge is 0.180 e. The SMILES string of the molecule is Clc1ccc(-c2nc(-c3ccccc3)c(-c3ccccc3)c(-c3ccc(-c4cccc(-c5nc(-c6ccccc6)nc6c5oc5ccccc56)c4)cc3)n2)cc1. The van der Waals surface area contributed by atoms with Gasteiger partial charge in [0.25, 0.3) is 0 Å². The highest BCUT2D eigenvalue weighted by atomic mass is 35.5. The summed E-state index contributed by atoms with van der Waals surface area (Å²) in [7, 11) is 0. The van der Waals surface area contributed by atoms with Gasteiger partial charge >= 0.3 is 0 Å². The van der Waals surface area contributed by atoms with Crippen molar-refractivity contribution >= 4 is 33.7 Å². The molecule has 0 N–H and O–H groups in total. The number of rotatable bonds is 7. The van der Waals surface area contributed by atoms with Crippen LogP contribution in [0.1, 0.15) is 0 Å². The minimum atomic E-state index is 0.628. The van der Waals surface area contributed by atoms with Crippen LogP contribution in [-0.4, -0.2) is 19.9 Å². The first-order valence-electron chi connectivity index (χ1n) is 18.4. The standard InChI is InChI=1S/C50H31ClN4O/c51-40-29-27-37(28-30-40)50-52-44(34-15-6-2-7-16-34)43(33-13-4-1-5-14-33)45(53-50)35-25-23-32(24-26-35)38-19-12-20-39(31-38)46-48-47(41-21-10-11-22-42(41)56-48)55-49(54-46)36-17-8-3-9-18-36/h1-31H. The van der Waals surface area contributed by atoms with Crippen molar-refractivity contribution < 1.29 is 4.42 Å². The van der Waals surface area contributed by atoms with Gasteiger partial charge in [-0.2, -0.15) is 0 Å². The number of benzene rings is 7. The van der Waals surface area contributed by atoms with E-state index in [-0.39, 0.29) is 0 Å². The summed E-state index contributed by atoms with van der Waals surface area (Å²) in [4.78, 5) is 20.6. The van der Waals surface area contributed by atoms with Gasteiger partial charge in [0, 0.05) is 43.8 Å². The van der Waals surface area contributed by atoms with E-state index in [1.807, 2.05) is 103 Å². The van der Waals surface area contributed by atoms with Gasteiger partial charge < -0.3 is 4.42 Å². The number of aromatic nitrogens is 4. The molecule has 0 unspecified atom stereocenters. The van der Waals surface area contributed by atoms with Crippen molar-refractivity contribution in [1.29, 1.82) is 0 Å². The quantitative estimate of drug-likeness (QED) is 0.163. The van der Waals surface area contributed by atoms with Crippen molar-refractivity contribution in [3.05, 3.63) is 193 Å². The van der Waals surface area contributed by atoms with Crippen molar-refractivity contribution in [2.75, 3.05) is 0 Å². The molecule has 7 aromatic carbocycles. The molecule has 0 bridgehead atoms. The van der Waals surface area contributed by atoms with Crippen LogP contribution >= 0.6 is 11.6 Å². The van der Waals surface area contributed by atoms with Gasteiger partial charge in [0.05, 0.1) is 11.4 Å². The summed E-state index contributed by atoms with van der Waals surface area (Å²) in [5, 5.41) is 1.63. The van der Waals surface area contributed by atoms with Gasteiger partial charge in [0.1, 0.15) is 16.8 Å². The van der Waals surface area contributed by atoms with Crippen LogP contribution in [0.3, 0.4) is 0 Å². The van der Waals surface area contributed by atoms with Crippen LogP contribution in [0.2, 0.25) is 5.02 Å². The molecule has 264 valence electrons. The second-order valence-corrected chi connectivity index (χ2v) is 14.0. The van der Waals surface area contributed by atoms with E-state index >= 15 is 0 Å². The number of nitrogens with zero attached hydrogens (tertiary/aromatic N) is 4. The highest BCUT2D eigenvalue weighted by Gasteiger charge is 2.21. The zero-order chi connectivity index (χ0) is 37.4. The van der Waals surface area contributed by atoms with E-state index in [0.717, 1.165) is 83.6 Å². The second-order valence-electron chi connectivity index (χ2n) is 13.6. The molecule has 5 nitrogen and oxygen atoms in total. The second kappa shape index (κ2) is 14.2. The molecule has 0 radical (unpaired) electrons. The normalized spacial score (nSPS) is 11.3. The molecule has 0 spiro atoms.